The first-order chi connectivity index (χ1) is 12.7. The number of hydrogen-bond acceptors (Lipinski definition) is 4. The number of hydrazone groups is 1. The lowest BCUT2D eigenvalue weighted by molar-refractivity contribution is -0.206. The predicted octanol–water partition coefficient (Wildman–Crippen LogP) is 3.01. The lowest BCUT2D eigenvalue weighted by Crippen LogP contribution is -2.62. The average Bonchev–Trinajstić information content (AvgIpc) is 2.87. The summed E-state index contributed by atoms with van der Waals surface area (Å²) in [6.07, 6.45) is 10.9. The van der Waals surface area contributed by atoms with Crippen molar-refractivity contribution in [2.24, 2.45) is 45.3 Å². The van der Waals surface area contributed by atoms with Gasteiger partial charge in [0.25, 0.3) is 0 Å². The molecular formula is C21H37ClN4O2. The van der Waals surface area contributed by atoms with E-state index in [1.165, 1.54) is 0 Å². The molecule has 0 aromatic rings. The zero-order valence-electron chi connectivity index (χ0n) is 17.2. The Morgan fingerprint density at radius 3 is 2.57 bits per heavy atom. The molecule has 0 spiro atoms. The summed E-state index contributed by atoms with van der Waals surface area (Å²) in [6, 6.07) is 0. The van der Waals surface area contributed by atoms with Crippen LogP contribution in [0.5, 0.6) is 0 Å². The molecule has 4 rings (SSSR count). The van der Waals surface area contributed by atoms with Crippen LogP contribution >= 0.6 is 12.4 Å². The van der Waals surface area contributed by atoms with Gasteiger partial charge in [-0.2, -0.15) is 5.10 Å². The van der Waals surface area contributed by atoms with Gasteiger partial charge in [0.15, 0.2) is 0 Å². The Bertz CT molecular complexity index is 646. The second kappa shape index (κ2) is 7.44. The maximum atomic E-state index is 12.0. The summed E-state index contributed by atoms with van der Waals surface area (Å²) in [5, 5.41) is 33.6. The van der Waals surface area contributed by atoms with Crippen LogP contribution in [0.1, 0.15) is 71.6 Å². The number of guanidine groups is 1. The minimum Gasteiger partial charge on any atom is -0.393 e. The quantitative estimate of drug-likeness (QED) is 0.272. The molecule has 0 aromatic heterocycles. The molecule has 6 N–H and O–H groups in total. The highest BCUT2D eigenvalue weighted by Gasteiger charge is 2.66. The Morgan fingerprint density at radius 2 is 1.86 bits per heavy atom. The third kappa shape index (κ3) is 3.07. The van der Waals surface area contributed by atoms with Crippen molar-refractivity contribution in [3.63, 3.8) is 0 Å². The van der Waals surface area contributed by atoms with Gasteiger partial charge in [0.2, 0.25) is 5.96 Å². The summed E-state index contributed by atoms with van der Waals surface area (Å²) < 4.78 is 0. The zero-order chi connectivity index (χ0) is 19.4. The van der Waals surface area contributed by atoms with Crippen molar-refractivity contribution in [3.8, 4) is 0 Å². The van der Waals surface area contributed by atoms with E-state index < -0.39 is 5.60 Å². The van der Waals surface area contributed by atoms with Crippen molar-refractivity contribution in [1.82, 2.24) is 5.43 Å². The normalized spacial score (nSPS) is 50.2. The molecule has 0 bridgehead atoms. The number of nitrogens with one attached hydrogen (secondary N) is 2. The fourth-order valence-electron chi connectivity index (χ4n) is 7.68. The van der Waals surface area contributed by atoms with Gasteiger partial charge in [-0.05, 0) is 81.0 Å². The molecule has 4 saturated carbocycles. The molecule has 3 unspecified atom stereocenters. The summed E-state index contributed by atoms with van der Waals surface area (Å²) in [4.78, 5) is 0. The molecule has 0 amide bonds. The van der Waals surface area contributed by atoms with E-state index in [1.54, 1.807) is 0 Å². The number of hydrogen-bond donors (Lipinski definition) is 5. The van der Waals surface area contributed by atoms with Crippen molar-refractivity contribution in [2.45, 2.75) is 83.3 Å². The lowest BCUT2D eigenvalue weighted by atomic mass is 9.43. The molecule has 0 saturated heterocycles. The van der Waals surface area contributed by atoms with Gasteiger partial charge in [0.05, 0.1) is 11.7 Å². The van der Waals surface area contributed by atoms with Gasteiger partial charge in [-0.25, -0.2) is 5.43 Å². The fraction of sp³-hybridized carbons (Fsp3) is 0.905. The Labute approximate surface area is 174 Å². The van der Waals surface area contributed by atoms with Crippen LogP contribution < -0.4 is 11.2 Å². The van der Waals surface area contributed by atoms with Crippen molar-refractivity contribution in [3.05, 3.63) is 0 Å². The molecule has 0 heterocycles. The number of aliphatic hydroxyl groups excluding tert-OH is 1. The van der Waals surface area contributed by atoms with E-state index in [1.807, 2.05) is 6.21 Å². The minimum absolute atomic E-state index is 0. The SMILES string of the molecule is C[C@]12CCC(O)CC1CC[C@@H]1[C@H]2CC[C@]2(C)C(/C=N/NC(=N)N)CC[C@@]12O.Cl. The first-order valence-corrected chi connectivity index (χ1v) is 10.7. The number of aliphatic hydroxyl groups is 2. The maximum Gasteiger partial charge on any atom is 0.206 e. The van der Waals surface area contributed by atoms with Gasteiger partial charge in [-0.1, -0.05) is 13.8 Å². The first-order valence-electron chi connectivity index (χ1n) is 10.7. The monoisotopic (exact) mass is 412 g/mol. The highest BCUT2D eigenvalue weighted by molar-refractivity contribution is 5.85. The number of nitrogens with two attached hydrogens (primary N) is 1. The van der Waals surface area contributed by atoms with Crippen LogP contribution in [0.3, 0.4) is 0 Å². The number of rotatable bonds is 2. The van der Waals surface area contributed by atoms with Crippen molar-refractivity contribution in [1.29, 1.82) is 5.41 Å². The molecule has 0 aromatic carbocycles. The smallest absolute Gasteiger partial charge is 0.206 e. The summed E-state index contributed by atoms with van der Waals surface area (Å²) in [7, 11) is 0. The largest absolute Gasteiger partial charge is 0.393 e. The zero-order valence-corrected chi connectivity index (χ0v) is 18.0. The van der Waals surface area contributed by atoms with E-state index >= 15 is 0 Å². The standard InChI is InChI=1S/C21H36N4O2.ClH/c1-19-8-6-15(26)11-13(19)3-4-17-16(19)7-9-20(2)14(5-10-21(17,20)27)12-24-25-18(22)23;/h12-17,26-27H,3-11H2,1-2H3,(H4,22,23,25);1H/b24-12+;/t13?,14?,15?,16-,17-,19+,20-,21-;/m1./s1. The van der Waals surface area contributed by atoms with Crippen molar-refractivity contribution in [2.75, 3.05) is 0 Å². The molecule has 6 nitrogen and oxygen atoms in total. The fourth-order valence-corrected chi connectivity index (χ4v) is 7.68. The van der Waals surface area contributed by atoms with Crippen molar-refractivity contribution >= 4 is 24.6 Å². The Kier molecular flexibility index (Phi) is 5.81. The molecule has 4 fully saturated rings. The Balaban J connectivity index is 0.00000225. The van der Waals surface area contributed by atoms with Gasteiger partial charge in [-0.15, -0.1) is 12.4 Å². The van der Waals surface area contributed by atoms with Crippen LogP contribution in [0.25, 0.3) is 0 Å². The minimum atomic E-state index is -0.632. The van der Waals surface area contributed by atoms with Gasteiger partial charge in [0.1, 0.15) is 0 Å². The second-order valence-corrected chi connectivity index (χ2v) is 10.3. The summed E-state index contributed by atoms with van der Waals surface area (Å²) in [5.74, 6) is 1.59. The van der Waals surface area contributed by atoms with Crippen LogP contribution in [0.4, 0.5) is 0 Å². The number of halogens is 1. The van der Waals surface area contributed by atoms with E-state index in [4.69, 9.17) is 11.1 Å². The summed E-state index contributed by atoms with van der Waals surface area (Å²) >= 11 is 0. The van der Waals surface area contributed by atoms with Crippen LogP contribution in [-0.4, -0.2) is 34.1 Å². The van der Waals surface area contributed by atoms with E-state index in [0.717, 1.165) is 57.8 Å². The topological polar surface area (TPSA) is 115 Å². The van der Waals surface area contributed by atoms with E-state index in [-0.39, 0.29) is 41.2 Å². The van der Waals surface area contributed by atoms with E-state index in [2.05, 4.69) is 24.4 Å². The van der Waals surface area contributed by atoms with Crippen LogP contribution in [0.15, 0.2) is 5.10 Å². The highest BCUT2D eigenvalue weighted by atomic mass is 35.5. The van der Waals surface area contributed by atoms with E-state index in [9.17, 15) is 10.2 Å². The maximum absolute atomic E-state index is 12.0. The van der Waals surface area contributed by atoms with Crippen LogP contribution in [-0.2, 0) is 0 Å². The third-order valence-electron chi connectivity index (χ3n) is 9.34. The van der Waals surface area contributed by atoms with Crippen LogP contribution in [0, 0.1) is 39.9 Å². The second-order valence-electron chi connectivity index (χ2n) is 10.3. The Hall–Kier alpha value is -0.850. The molecule has 4 aliphatic carbocycles. The van der Waals surface area contributed by atoms with Gasteiger partial charge < -0.3 is 15.9 Å². The average molecular weight is 413 g/mol. The highest BCUT2D eigenvalue weighted by Crippen LogP contribution is 2.68. The molecule has 8 atom stereocenters. The van der Waals surface area contributed by atoms with Gasteiger partial charge in [0, 0.05) is 17.5 Å². The van der Waals surface area contributed by atoms with Crippen molar-refractivity contribution < 1.29 is 10.2 Å². The molecule has 0 radical (unpaired) electrons. The molecular weight excluding hydrogens is 376 g/mol. The lowest BCUT2D eigenvalue weighted by Gasteiger charge is -2.63. The van der Waals surface area contributed by atoms with Crippen LogP contribution in [0.2, 0.25) is 0 Å². The van der Waals surface area contributed by atoms with E-state index in [0.29, 0.717) is 17.8 Å². The molecule has 0 aliphatic heterocycles. The first kappa shape index (κ1) is 21.8. The summed E-state index contributed by atoms with van der Waals surface area (Å²) in [6.45, 7) is 4.69. The predicted molar refractivity (Wildman–Crippen MR) is 113 cm³/mol. The molecule has 28 heavy (non-hydrogen) atoms. The summed E-state index contributed by atoms with van der Waals surface area (Å²) in [5.41, 5.74) is 7.33. The Morgan fingerprint density at radius 1 is 1.11 bits per heavy atom. The number of fused-ring (bicyclic) bond motifs is 5. The molecule has 160 valence electrons. The van der Waals surface area contributed by atoms with Gasteiger partial charge in [-0.3, -0.25) is 5.41 Å². The van der Waals surface area contributed by atoms with Gasteiger partial charge >= 0.3 is 0 Å². The molecule has 7 heteroatoms. The number of nitrogens with zero attached hydrogens (tertiary/aromatic N) is 1. The third-order valence-corrected chi connectivity index (χ3v) is 9.34. The molecule has 4 aliphatic rings.